The summed E-state index contributed by atoms with van der Waals surface area (Å²) in [4.78, 5) is 41.3. The normalized spacial score (nSPS) is 14.3. The maximum Gasteiger partial charge on any atom is 0.288 e. The van der Waals surface area contributed by atoms with E-state index in [0.717, 1.165) is 66.8 Å². The molecular weight excluding hydrogens is 530 g/mol. The summed E-state index contributed by atoms with van der Waals surface area (Å²) in [6.07, 6.45) is 5.38. The van der Waals surface area contributed by atoms with Crippen molar-refractivity contribution < 1.29 is 13.2 Å². The molecule has 0 spiro atoms. The Balaban J connectivity index is 1.12. The summed E-state index contributed by atoms with van der Waals surface area (Å²) in [7, 11) is -3.28. The molecule has 11 nitrogen and oxygen atoms in total. The highest BCUT2D eigenvalue weighted by Crippen LogP contribution is 2.18. The maximum atomic E-state index is 12.5. The van der Waals surface area contributed by atoms with Crippen LogP contribution in [0.4, 0.5) is 11.4 Å². The van der Waals surface area contributed by atoms with Crippen molar-refractivity contribution in [2.75, 3.05) is 42.8 Å². The van der Waals surface area contributed by atoms with Gasteiger partial charge in [-0.3, -0.25) is 30.3 Å². The van der Waals surface area contributed by atoms with Crippen LogP contribution in [0.25, 0.3) is 11.0 Å². The third-order valence-corrected chi connectivity index (χ3v) is 8.06. The Labute approximate surface area is 232 Å². The molecule has 0 aliphatic carbocycles. The topological polar surface area (TPSA) is 140 Å². The van der Waals surface area contributed by atoms with Crippen LogP contribution >= 0.6 is 0 Å². The van der Waals surface area contributed by atoms with Crippen molar-refractivity contribution in [2.45, 2.75) is 24.8 Å². The molecule has 40 heavy (non-hydrogen) atoms. The van der Waals surface area contributed by atoms with E-state index in [0.29, 0.717) is 12.1 Å². The molecule has 208 valence electrons. The minimum atomic E-state index is -3.28. The van der Waals surface area contributed by atoms with Gasteiger partial charge >= 0.3 is 0 Å². The lowest BCUT2D eigenvalue weighted by molar-refractivity contribution is 0.0957. The number of hydrogen-bond donors (Lipinski definition) is 3. The number of rotatable bonds is 8. The van der Waals surface area contributed by atoms with Gasteiger partial charge in [0.05, 0.1) is 33.5 Å². The van der Waals surface area contributed by atoms with E-state index in [1.165, 1.54) is 12.1 Å². The van der Waals surface area contributed by atoms with Crippen LogP contribution in [0.15, 0.2) is 70.6 Å². The van der Waals surface area contributed by atoms with Crippen LogP contribution in [-0.2, 0) is 22.8 Å². The summed E-state index contributed by atoms with van der Waals surface area (Å²) in [6, 6.07) is 13.5. The second kappa shape index (κ2) is 11.4. The number of hydrogen-bond acceptors (Lipinski definition) is 9. The van der Waals surface area contributed by atoms with Gasteiger partial charge < -0.3 is 9.88 Å². The van der Waals surface area contributed by atoms with Gasteiger partial charge in [-0.15, -0.1) is 0 Å². The molecule has 1 saturated heterocycles. The summed E-state index contributed by atoms with van der Waals surface area (Å²) in [5.41, 5.74) is 10.4. The van der Waals surface area contributed by atoms with Gasteiger partial charge in [-0.25, -0.2) is 13.4 Å². The molecule has 4 aromatic rings. The van der Waals surface area contributed by atoms with Gasteiger partial charge in [0.25, 0.3) is 11.5 Å². The van der Waals surface area contributed by atoms with Gasteiger partial charge in [-0.1, -0.05) is 6.92 Å². The standard InChI is InChI=1S/C28H31N7O4S/c1-3-20-15-25-26(31-27(20)36)14-19(16-29-25)18-34-10-12-35(13-11-34)22-6-9-24(30-17-22)28(37)33-32-21-4-7-23(8-5-21)40(2,38)39/h4-9,14-17,32H,3,10-13,18H2,1-2H3,(H,31,36)(H,33,37). The van der Waals surface area contributed by atoms with E-state index in [9.17, 15) is 18.0 Å². The van der Waals surface area contributed by atoms with Crippen molar-refractivity contribution in [1.82, 2.24) is 25.3 Å². The number of aromatic amines is 1. The number of anilines is 2. The molecule has 0 radical (unpaired) electrons. The van der Waals surface area contributed by atoms with E-state index >= 15 is 0 Å². The quantitative estimate of drug-likeness (QED) is 0.277. The summed E-state index contributed by atoms with van der Waals surface area (Å²) in [5, 5.41) is 0. The Morgan fingerprint density at radius 1 is 1.00 bits per heavy atom. The van der Waals surface area contributed by atoms with Crippen LogP contribution < -0.4 is 21.3 Å². The van der Waals surface area contributed by atoms with Crippen molar-refractivity contribution in [3.8, 4) is 0 Å². The maximum absolute atomic E-state index is 12.5. The van der Waals surface area contributed by atoms with Crippen LogP contribution in [0.5, 0.6) is 0 Å². The average molecular weight is 562 g/mol. The molecule has 1 aliphatic rings. The smallest absolute Gasteiger partial charge is 0.288 e. The molecule has 0 unspecified atom stereocenters. The van der Waals surface area contributed by atoms with Gasteiger partial charge in [0, 0.05) is 50.7 Å². The molecule has 0 bridgehead atoms. The summed E-state index contributed by atoms with van der Waals surface area (Å²) in [5.74, 6) is -0.403. The Kier molecular flexibility index (Phi) is 7.81. The van der Waals surface area contributed by atoms with Gasteiger partial charge in [-0.2, -0.15) is 0 Å². The van der Waals surface area contributed by atoms with Crippen molar-refractivity contribution in [2.24, 2.45) is 0 Å². The van der Waals surface area contributed by atoms with Crippen LogP contribution in [-0.4, -0.2) is 66.6 Å². The Morgan fingerprint density at radius 3 is 2.40 bits per heavy atom. The molecule has 0 atom stereocenters. The zero-order chi connectivity index (χ0) is 28.3. The van der Waals surface area contributed by atoms with Crippen LogP contribution in [0.2, 0.25) is 0 Å². The number of nitrogens with one attached hydrogen (secondary N) is 3. The van der Waals surface area contributed by atoms with Gasteiger partial charge in [-0.05, 0) is 60.5 Å². The molecule has 3 aromatic heterocycles. The number of H-pyrrole nitrogens is 1. The van der Waals surface area contributed by atoms with Crippen LogP contribution in [0.1, 0.15) is 28.5 Å². The molecule has 1 fully saturated rings. The number of carbonyl (C=O) groups is 1. The van der Waals surface area contributed by atoms with E-state index in [4.69, 9.17) is 0 Å². The SMILES string of the molecule is CCc1cc2ncc(CN3CCN(c4ccc(C(=O)NNc5ccc(S(C)(=O)=O)cc5)nc4)CC3)cc2[nH]c1=O. The molecular formula is C28H31N7O4S. The molecule has 5 rings (SSSR count). The second-order valence-corrected chi connectivity index (χ2v) is 11.8. The molecule has 3 N–H and O–H groups in total. The fourth-order valence-corrected chi connectivity index (χ4v) is 5.25. The first kappa shape index (κ1) is 27.3. The van der Waals surface area contributed by atoms with E-state index < -0.39 is 15.7 Å². The number of sulfone groups is 1. The van der Waals surface area contributed by atoms with Gasteiger partial charge in [0.2, 0.25) is 0 Å². The first-order chi connectivity index (χ1) is 19.2. The highest BCUT2D eigenvalue weighted by atomic mass is 32.2. The van der Waals surface area contributed by atoms with Gasteiger partial charge in [0.1, 0.15) is 5.69 Å². The second-order valence-electron chi connectivity index (χ2n) is 9.79. The number of hydrazine groups is 1. The minimum Gasteiger partial charge on any atom is -0.368 e. The number of fused-ring (bicyclic) bond motifs is 1. The zero-order valence-corrected chi connectivity index (χ0v) is 23.2. The Morgan fingerprint density at radius 2 is 1.75 bits per heavy atom. The van der Waals surface area contributed by atoms with E-state index in [1.54, 1.807) is 24.4 Å². The monoisotopic (exact) mass is 561 g/mol. The highest BCUT2D eigenvalue weighted by molar-refractivity contribution is 7.90. The van der Waals surface area contributed by atoms with E-state index in [1.807, 2.05) is 31.3 Å². The van der Waals surface area contributed by atoms with Crippen molar-refractivity contribution in [3.63, 3.8) is 0 Å². The van der Waals surface area contributed by atoms with Crippen molar-refractivity contribution >= 4 is 38.2 Å². The lowest BCUT2D eigenvalue weighted by Gasteiger charge is -2.36. The largest absolute Gasteiger partial charge is 0.368 e. The number of aryl methyl sites for hydroxylation is 1. The number of carbonyl (C=O) groups excluding carboxylic acids is 1. The number of pyridine rings is 3. The number of aromatic nitrogens is 3. The fraction of sp³-hybridized carbons (Fsp3) is 0.286. The molecule has 1 aliphatic heterocycles. The first-order valence-electron chi connectivity index (χ1n) is 13.0. The number of piperazine rings is 1. The lowest BCUT2D eigenvalue weighted by Crippen LogP contribution is -2.46. The summed E-state index contributed by atoms with van der Waals surface area (Å²) >= 11 is 0. The molecule has 0 saturated carbocycles. The highest BCUT2D eigenvalue weighted by Gasteiger charge is 2.19. The summed E-state index contributed by atoms with van der Waals surface area (Å²) in [6.45, 7) is 6.04. The number of benzene rings is 1. The molecule has 1 amide bonds. The van der Waals surface area contributed by atoms with Crippen molar-refractivity contribution in [1.29, 1.82) is 0 Å². The Hall–Kier alpha value is -4.29. The lowest BCUT2D eigenvalue weighted by atomic mass is 10.1. The van der Waals surface area contributed by atoms with E-state index in [-0.39, 0.29) is 16.1 Å². The predicted octanol–water partition coefficient (Wildman–Crippen LogP) is 2.36. The van der Waals surface area contributed by atoms with Gasteiger partial charge in [0.15, 0.2) is 9.84 Å². The minimum absolute atomic E-state index is 0.0582. The fourth-order valence-electron chi connectivity index (χ4n) is 4.62. The van der Waals surface area contributed by atoms with Crippen molar-refractivity contribution in [3.05, 3.63) is 88.1 Å². The van der Waals surface area contributed by atoms with Crippen LogP contribution in [0, 0.1) is 0 Å². The molecule has 12 heteroatoms. The third-order valence-electron chi connectivity index (χ3n) is 6.93. The predicted molar refractivity (Wildman–Crippen MR) is 154 cm³/mol. The van der Waals surface area contributed by atoms with Crippen LogP contribution in [0.3, 0.4) is 0 Å². The number of amides is 1. The number of nitrogens with zero attached hydrogens (tertiary/aromatic N) is 4. The summed E-state index contributed by atoms with van der Waals surface area (Å²) < 4.78 is 23.2. The van der Waals surface area contributed by atoms with E-state index in [2.05, 4.69) is 35.6 Å². The molecule has 4 heterocycles. The average Bonchev–Trinajstić information content (AvgIpc) is 2.96. The first-order valence-corrected chi connectivity index (χ1v) is 14.9. The Bertz CT molecular complexity index is 1680. The zero-order valence-electron chi connectivity index (χ0n) is 22.3. The molecule has 1 aromatic carbocycles. The third kappa shape index (κ3) is 6.29.